The molecule has 0 aliphatic heterocycles. The fourth-order valence-electron chi connectivity index (χ4n) is 1.45. The van der Waals surface area contributed by atoms with Gasteiger partial charge in [-0.3, -0.25) is 0 Å². The van der Waals surface area contributed by atoms with E-state index in [1.807, 2.05) is 0 Å². The number of nitrogens with zero attached hydrogens (tertiary/aromatic N) is 1. The Kier molecular flexibility index (Phi) is 6.30. The van der Waals surface area contributed by atoms with E-state index in [4.69, 9.17) is 11.6 Å². The molecule has 15 heavy (non-hydrogen) atoms. The summed E-state index contributed by atoms with van der Waals surface area (Å²) in [5, 5.41) is 0. The Morgan fingerprint density at radius 2 is 2.13 bits per heavy atom. The minimum absolute atomic E-state index is 0.751. The highest BCUT2D eigenvalue weighted by molar-refractivity contribution is 9.10. The second-order valence-corrected chi connectivity index (χ2v) is 5.02. The topological polar surface area (TPSA) is 3.24 Å². The molecular weight excluding hydrogens is 273 g/mol. The first-order valence-electron chi connectivity index (χ1n) is 5.21. The molecule has 0 atom stereocenters. The van der Waals surface area contributed by atoms with Gasteiger partial charge in [0.05, 0.1) is 0 Å². The van der Waals surface area contributed by atoms with Gasteiger partial charge in [0.25, 0.3) is 0 Å². The molecule has 0 fully saturated rings. The third-order valence-electron chi connectivity index (χ3n) is 2.34. The van der Waals surface area contributed by atoms with Crippen molar-refractivity contribution in [2.75, 3.05) is 26.0 Å². The van der Waals surface area contributed by atoms with E-state index in [0.717, 1.165) is 36.3 Å². The largest absolute Gasteiger partial charge is 0.306 e. The first kappa shape index (κ1) is 13.0. The molecule has 0 saturated heterocycles. The van der Waals surface area contributed by atoms with Crippen LogP contribution in [0.1, 0.15) is 12.0 Å². The molecule has 0 spiro atoms. The number of hydrogen-bond acceptors (Lipinski definition) is 1. The summed E-state index contributed by atoms with van der Waals surface area (Å²) in [6.45, 7) is 2.17. The molecule has 84 valence electrons. The summed E-state index contributed by atoms with van der Waals surface area (Å²) in [5.74, 6) is 0.751. The maximum Gasteiger partial charge on any atom is 0.0235 e. The number of hydrogen-bond donors (Lipinski definition) is 0. The summed E-state index contributed by atoms with van der Waals surface area (Å²) in [5.41, 5.74) is 1.38. The van der Waals surface area contributed by atoms with E-state index < -0.39 is 0 Å². The monoisotopic (exact) mass is 289 g/mol. The molecule has 0 aliphatic rings. The van der Waals surface area contributed by atoms with Crippen LogP contribution in [0.15, 0.2) is 28.7 Å². The van der Waals surface area contributed by atoms with E-state index in [1.165, 1.54) is 5.56 Å². The highest BCUT2D eigenvalue weighted by Gasteiger charge is 1.99. The molecule has 0 heterocycles. The molecular formula is C12H17BrClN. The maximum absolute atomic E-state index is 5.65. The van der Waals surface area contributed by atoms with Crippen molar-refractivity contribution in [3.8, 4) is 0 Å². The molecule has 3 heteroatoms. The van der Waals surface area contributed by atoms with Crippen LogP contribution < -0.4 is 0 Å². The van der Waals surface area contributed by atoms with Gasteiger partial charge in [0.2, 0.25) is 0 Å². The molecule has 0 saturated carbocycles. The first-order chi connectivity index (χ1) is 7.22. The summed E-state index contributed by atoms with van der Waals surface area (Å²) < 4.78 is 1.16. The van der Waals surface area contributed by atoms with E-state index in [2.05, 4.69) is 52.1 Å². The minimum atomic E-state index is 0.751. The highest BCUT2D eigenvalue weighted by atomic mass is 79.9. The lowest BCUT2D eigenvalue weighted by Gasteiger charge is -2.15. The Labute approximate surface area is 106 Å². The number of likely N-dealkylation sites (N-methyl/N-ethyl adjacent to an activating group) is 1. The SMILES string of the molecule is CN(CCCCl)CCc1cccc(Br)c1. The third kappa shape index (κ3) is 5.55. The second kappa shape index (κ2) is 7.26. The Balaban J connectivity index is 2.30. The predicted octanol–water partition coefficient (Wildman–Crippen LogP) is 3.55. The van der Waals surface area contributed by atoms with E-state index in [1.54, 1.807) is 0 Å². The van der Waals surface area contributed by atoms with E-state index in [-0.39, 0.29) is 0 Å². The van der Waals surface area contributed by atoms with Gasteiger partial charge in [-0.15, -0.1) is 11.6 Å². The van der Waals surface area contributed by atoms with Crippen LogP contribution in [0.25, 0.3) is 0 Å². The smallest absolute Gasteiger partial charge is 0.0235 e. The number of halogens is 2. The van der Waals surface area contributed by atoms with Crippen LogP contribution in [0.2, 0.25) is 0 Å². The van der Waals surface area contributed by atoms with Crippen molar-refractivity contribution in [1.82, 2.24) is 4.90 Å². The van der Waals surface area contributed by atoms with Gasteiger partial charge in [-0.2, -0.15) is 0 Å². The Bertz CT molecular complexity index is 291. The summed E-state index contributed by atoms with van der Waals surface area (Å²) >= 11 is 9.13. The Morgan fingerprint density at radius 3 is 2.80 bits per heavy atom. The van der Waals surface area contributed by atoms with Crippen LogP contribution >= 0.6 is 27.5 Å². The van der Waals surface area contributed by atoms with Gasteiger partial charge in [-0.05, 0) is 44.1 Å². The molecule has 0 unspecified atom stereocenters. The third-order valence-corrected chi connectivity index (χ3v) is 3.11. The fourth-order valence-corrected chi connectivity index (χ4v) is 2.02. The van der Waals surface area contributed by atoms with Crippen LogP contribution in [0.3, 0.4) is 0 Å². The highest BCUT2D eigenvalue weighted by Crippen LogP contribution is 2.12. The lowest BCUT2D eigenvalue weighted by atomic mass is 10.1. The number of rotatable bonds is 6. The quantitative estimate of drug-likeness (QED) is 0.724. The van der Waals surface area contributed by atoms with E-state index in [9.17, 15) is 0 Å². The van der Waals surface area contributed by atoms with Gasteiger partial charge in [0.15, 0.2) is 0 Å². The van der Waals surface area contributed by atoms with Gasteiger partial charge in [-0.1, -0.05) is 28.1 Å². The molecule has 0 radical (unpaired) electrons. The molecule has 1 aromatic rings. The Morgan fingerprint density at radius 1 is 1.33 bits per heavy atom. The Hall–Kier alpha value is -0.0500. The molecule has 1 nitrogen and oxygen atoms in total. The number of alkyl halides is 1. The van der Waals surface area contributed by atoms with Crippen molar-refractivity contribution in [2.45, 2.75) is 12.8 Å². The lowest BCUT2D eigenvalue weighted by molar-refractivity contribution is 0.340. The lowest BCUT2D eigenvalue weighted by Crippen LogP contribution is -2.22. The summed E-state index contributed by atoms with van der Waals surface area (Å²) in [4.78, 5) is 2.32. The van der Waals surface area contributed by atoms with Crippen LogP contribution in [0.4, 0.5) is 0 Å². The van der Waals surface area contributed by atoms with Crippen LogP contribution in [-0.2, 0) is 6.42 Å². The van der Waals surface area contributed by atoms with Gasteiger partial charge >= 0.3 is 0 Å². The van der Waals surface area contributed by atoms with Gasteiger partial charge in [0.1, 0.15) is 0 Å². The molecule has 0 amide bonds. The minimum Gasteiger partial charge on any atom is -0.306 e. The van der Waals surface area contributed by atoms with Crippen molar-refractivity contribution in [3.05, 3.63) is 34.3 Å². The van der Waals surface area contributed by atoms with E-state index >= 15 is 0 Å². The average molecular weight is 291 g/mol. The van der Waals surface area contributed by atoms with Crippen LogP contribution in [0, 0.1) is 0 Å². The van der Waals surface area contributed by atoms with Crippen LogP contribution in [-0.4, -0.2) is 30.9 Å². The molecule has 1 aromatic carbocycles. The van der Waals surface area contributed by atoms with Crippen molar-refractivity contribution in [1.29, 1.82) is 0 Å². The van der Waals surface area contributed by atoms with Gasteiger partial charge in [0, 0.05) is 16.9 Å². The standard InChI is InChI=1S/C12H17BrClN/c1-15(8-3-7-14)9-6-11-4-2-5-12(13)10-11/h2,4-5,10H,3,6-9H2,1H3. The summed E-state index contributed by atoms with van der Waals surface area (Å²) in [6.07, 6.45) is 2.16. The summed E-state index contributed by atoms with van der Waals surface area (Å²) in [6, 6.07) is 8.48. The molecule has 0 N–H and O–H groups in total. The number of benzene rings is 1. The summed E-state index contributed by atoms with van der Waals surface area (Å²) in [7, 11) is 2.14. The molecule has 0 aromatic heterocycles. The van der Waals surface area contributed by atoms with Crippen molar-refractivity contribution in [3.63, 3.8) is 0 Å². The zero-order chi connectivity index (χ0) is 11.1. The predicted molar refractivity (Wildman–Crippen MR) is 70.7 cm³/mol. The van der Waals surface area contributed by atoms with Crippen molar-refractivity contribution >= 4 is 27.5 Å². The van der Waals surface area contributed by atoms with E-state index in [0.29, 0.717) is 0 Å². The van der Waals surface area contributed by atoms with Gasteiger partial charge < -0.3 is 4.90 Å². The normalized spacial score (nSPS) is 10.9. The molecule has 1 rings (SSSR count). The second-order valence-electron chi connectivity index (χ2n) is 3.73. The van der Waals surface area contributed by atoms with Crippen molar-refractivity contribution < 1.29 is 0 Å². The maximum atomic E-state index is 5.65. The molecule has 0 aliphatic carbocycles. The van der Waals surface area contributed by atoms with Crippen LogP contribution in [0.5, 0.6) is 0 Å². The van der Waals surface area contributed by atoms with Crippen molar-refractivity contribution in [2.24, 2.45) is 0 Å². The average Bonchev–Trinajstić information content (AvgIpc) is 2.23. The zero-order valence-corrected chi connectivity index (χ0v) is 11.4. The van der Waals surface area contributed by atoms with Gasteiger partial charge in [-0.25, -0.2) is 0 Å². The first-order valence-corrected chi connectivity index (χ1v) is 6.54. The zero-order valence-electron chi connectivity index (χ0n) is 9.05. The molecule has 0 bridgehead atoms. The fraction of sp³-hybridized carbons (Fsp3) is 0.500.